The predicted molar refractivity (Wildman–Crippen MR) is 108 cm³/mol. The molecule has 1 aliphatic rings. The Labute approximate surface area is 169 Å². The molecule has 0 unspecified atom stereocenters. The van der Waals surface area contributed by atoms with Crippen LogP contribution >= 0.6 is 24.8 Å². The van der Waals surface area contributed by atoms with Crippen molar-refractivity contribution in [3.63, 3.8) is 0 Å². The van der Waals surface area contributed by atoms with E-state index in [0.29, 0.717) is 35.7 Å². The normalized spacial score (nSPS) is 14.4. The Balaban J connectivity index is 0.00000182. The number of anilines is 1. The highest BCUT2D eigenvalue weighted by molar-refractivity contribution is 5.98. The van der Waals surface area contributed by atoms with Crippen molar-refractivity contribution in [1.29, 1.82) is 0 Å². The average molecular weight is 413 g/mol. The molecule has 0 saturated heterocycles. The second kappa shape index (κ2) is 9.55. The van der Waals surface area contributed by atoms with Crippen molar-refractivity contribution >= 4 is 42.3 Å². The smallest absolute Gasteiger partial charge is 0.248 e. The Kier molecular flexibility index (Phi) is 8.02. The molecule has 146 valence electrons. The number of amides is 2. The topological polar surface area (TPSA) is 120 Å². The van der Waals surface area contributed by atoms with Gasteiger partial charge in [-0.15, -0.1) is 24.8 Å². The molecular weight excluding hydrogens is 391 g/mol. The summed E-state index contributed by atoms with van der Waals surface area (Å²) in [6.07, 6.45) is 4.84. The van der Waals surface area contributed by atoms with Crippen molar-refractivity contribution in [2.45, 2.75) is 31.2 Å². The number of aromatic nitrogens is 1. The summed E-state index contributed by atoms with van der Waals surface area (Å²) in [6, 6.07) is 9.83. The van der Waals surface area contributed by atoms with Crippen molar-refractivity contribution in [2.75, 3.05) is 5.32 Å². The van der Waals surface area contributed by atoms with Crippen molar-refractivity contribution in [2.24, 2.45) is 11.5 Å². The fourth-order valence-corrected chi connectivity index (χ4v) is 2.84. The molecule has 0 spiro atoms. The molecule has 1 heterocycles. The number of carbonyl (C=O) groups is 2. The summed E-state index contributed by atoms with van der Waals surface area (Å²) in [5.74, 6) is 0.0733. The van der Waals surface area contributed by atoms with Crippen molar-refractivity contribution < 1.29 is 14.3 Å². The fraction of sp³-hybridized carbons (Fsp3) is 0.278. The van der Waals surface area contributed by atoms with Gasteiger partial charge >= 0.3 is 0 Å². The number of nitrogens with two attached hydrogens (primary N) is 2. The number of nitrogens with zero attached hydrogens (tertiary/aromatic N) is 1. The molecule has 1 aromatic carbocycles. The quantitative estimate of drug-likeness (QED) is 0.696. The Morgan fingerprint density at radius 2 is 1.81 bits per heavy atom. The van der Waals surface area contributed by atoms with E-state index < -0.39 is 11.4 Å². The zero-order valence-corrected chi connectivity index (χ0v) is 16.1. The molecule has 7 nitrogen and oxygen atoms in total. The summed E-state index contributed by atoms with van der Waals surface area (Å²) in [4.78, 5) is 27.6. The second-order valence-electron chi connectivity index (χ2n) is 6.20. The molecule has 9 heteroatoms. The van der Waals surface area contributed by atoms with Crippen LogP contribution in [0.15, 0.2) is 42.6 Å². The molecule has 0 aliphatic heterocycles. The number of carbonyl (C=O) groups excluding carboxylic acids is 2. The zero-order valence-electron chi connectivity index (χ0n) is 14.5. The third kappa shape index (κ3) is 5.56. The number of hydrogen-bond donors (Lipinski definition) is 3. The Bertz CT molecular complexity index is 793. The van der Waals surface area contributed by atoms with E-state index in [9.17, 15) is 9.59 Å². The van der Waals surface area contributed by atoms with Crippen LogP contribution in [0.25, 0.3) is 0 Å². The van der Waals surface area contributed by atoms with Crippen LogP contribution in [0.1, 0.15) is 36.0 Å². The van der Waals surface area contributed by atoms with Gasteiger partial charge in [0.25, 0.3) is 0 Å². The molecule has 0 atom stereocenters. The predicted octanol–water partition coefficient (Wildman–Crippen LogP) is 3.03. The number of hydrogen-bond acceptors (Lipinski definition) is 5. The molecule has 3 rings (SSSR count). The summed E-state index contributed by atoms with van der Waals surface area (Å²) in [5, 5.41) is 2.80. The van der Waals surface area contributed by atoms with Crippen LogP contribution in [-0.4, -0.2) is 22.3 Å². The molecule has 1 aromatic heterocycles. The molecule has 2 aromatic rings. The number of nitrogens with one attached hydrogen (secondary N) is 1. The van der Waals surface area contributed by atoms with E-state index in [2.05, 4.69) is 10.3 Å². The minimum absolute atomic E-state index is 0. The van der Waals surface area contributed by atoms with E-state index in [0.717, 1.165) is 12.8 Å². The van der Waals surface area contributed by atoms with Gasteiger partial charge in [0, 0.05) is 11.6 Å². The molecule has 2 amide bonds. The van der Waals surface area contributed by atoms with Crippen LogP contribution in [-0.2, 0) is 4.79 Å². The van der Waals surface area contributed by atoms with Gasteiger partial charge in [0.1, 0.15) is 5.75 Å². The molecule has 1 saturated carbocycles. The Morgan fingerprint density at radius 3 is 2.41 bits per heavy atom. The van der Waals surface area contributed by atoms with E-state index in [1.807, 2.05) is 0 Å². The maximum absolute atomic E-state index is 12.3. The van der Waals surface area contributed by atoms with Crippen LogP contribution < -0.4 is 21.5 Å². The van der Waals surface area contributed by atoms with Gasteiger partial charge in [-0.25, -0.2) is 4.98 Å². The lowest BCUT2D eigenvalue weighted by molar-refractivity contribution is -0.121. The fourth-order valence-electron chi connectivity index (χ4n) is 2.84. The number of rotatable bonds is 5. The van der Waals surface area contributed by atoms with E-state index in [-0.39, 0.29) is 30.7 Å². The first-order valence-electron chi connectivity index (χ1n) is 8.10. The first-order valence-corrected chi connectivity index (χ1v) is 8.10. The number of ether oxygens (including phenoxy) is 1. The van der Waals surface area contributed by atoms with Crippen LogP contribution in [0.4, 0.5) is 5.69 Å². The van der Waals surface area contributed by atoms with Crippen molar-refractivity contribution in [1.82, 2.24) is 4.98 Å². The van der Waals surface area contributed by atoms with Gasteiger partial charge in [0.05, 0.1) is 17.4 Å². The minimum Gasteiger partial charge on any atom is -0.439 e. The van der Waals surface area contributed by atoms with Gasteiger partial charge in [-0.05, 0) is 37.1 Å². The highest BCUT2D eigenvalue weighted by Gasteiger charge is 2.36. The van der Waals surface area contributed by atoms with E-state index in [1.165, 1.54) is 12.3 Å². The van der Waals surface area contributed by atoms with Gasteiger partial charge in [-0.3, -0.25) is 9.59 Å². The minimum atomic E-state index is -0.787. The third-order valence-electron chi connectivity index (χ3n) is 4.28. The largest absolute Gasteiger partial charge is 0.439 e. The average Bonchev–Trinajstić information content (AvgIpc) is 3.05. The second-order valence-corrected chi connectivity index (χ2v) is 6.20. The standard InChI is InChI=1S/C18H20N4O3.2ClH/c19-16(23)12-4-3-5-14(10-12)25-15-7-6-13(11-21-15)22-17(24)18(20)8-1-2-9-18;;/h3-7,10-11H,1-2,8-9,20H2,(H2,19,23)(H,22,24);2*1H. The molecule has 5 N–H and O–H groups in total. The first kappa shape index (κ1) is 22.7. The molecule has 1 aliphatic carbocycles. The summed E-state index contributed by atoms with van der Waals surface area (Å²) in [6.45, 7) is 0. The van der Waals surface area contributed by atoms with E-state index in [4.69, 9.17) is 16.2 Å². The maximum Gasteiger partial charge on any atom is 0.248 e. The van der Waals surface area contributed by atoms with Crippen LogP contribution in [0.2, 0.25) is 0 Å². The van der Waals surface area contributed by atoms with Gasteiger partial charge in [-0.2, -0.15) is 0 Å². The lowest BCUT2D eigenvalue weighted by Gasteiger charge is -2.22. The van der Waals surface area contributed by atoms with Gasteiger partial charge in [0.2, 0.25) is 17.7 Å². The lowest BCUT2D eigenvalue weighted by Crippen LogP contribution is -2.48. The summed E-state index contributed by atoms with van der Waals surface area (Å²) in [7, 11) is 0. The van der Waals surface area contributed by atoms with Crippen molar-refractivity contribution in [3.05, 3.63) is 48.2 Å². The maximum atomic E-state index is 12.3. The Hall–Kier alpha value is -2.35. The third-order valence-corrected chi connectivity index (χ3v) is 4.28. The van der Waals surface area contributed by atoms with Crippen LogP contribution in [0, 0.1) is 0 Å². The lowest BCUT2D eigenvalue weighted by atomic mass is 9.98. The SMILES string of the molecule is Cl.Cl.NC(=O)c1cccc(Oc2ccc(NC(=O)C3(N)CCCC3)cn2)c1. The van der Waals surface area contributed by atoms with Crippen molar-refractivity contribution in [3.8, 4) is 11.6 Å². The monoisotopic (exact) mass is 412 g/mol. The molecule has 0 bridgehead atoms. The number of primary amides is 1. The summed E-state index contributed by atoms with van der Waals surface area (Å²) in [5.41, 5.74) is 11.5. The number of benzene rings is 1. The van der Waals surface area contributed by atoms with E-state index in [1.54, 1.807) is 30.3 Å². The van der Waals surface area contributed by atoms with Gasteiger partial charge in [-0.1, -0.05) is 18.9 Å². The first-order chi connectivity index (χ1) is 12.0. The molecule has 1 fully saturated rings. The highest BCUT2D eigenvalue weighted by Crippen LogP contribution is 2.28. The summed E-state index contributed by atoms with van der Waals surface area (Å²) >= 11 is 0. The number of pyridine rings is 1. The highest BCUT2D eigenvalue weighted by atomic mass is 35.5. The Morgan fingerprint density at radius 1 is 1.11 bits per heavy atom. The molecular formula is C18H22Cl2N4O3. The summed E-state index contributed by atoms with van der Waals surface area (Å²) < 4.78 is 5.59. The molecule has 27 heavy (non-hydrogen) atoms. The zero-order chi connectivity index (χ0) is 17.9. The molecule has 0 radical (unpaired) electrons. The van der Waals surface area contributed by atoms with Crippen LogP contribution in [0.3, 0.4) is 0 Å². The van der Waals surface area contributed by atoms with Gasteiger partial charge in [0.15, 0.2) is 0 Å². The van der Waals surface area contributed by atoms with Crippen LogP contribution in [0.5, 0.6) is 11.6 Å². The number of halogens is 2. The van der Waals surface area contributed by atoms with E-state index >= 15 is 0 Å². The van der Waals surface area contributed by atoms with Gasteiger partial charge < -0.3 is 21.5 Å².